The molecule has 1 aromatic carbocycles. The van der Waals surface area contributed by atoms with E-state index in [1.165, 1.54) is 6.20 Å². The molecule has 3 heteroatoms. The van der Waals surface area contributed by atoms with Crippen molar-refractivity contribution in [2.24, 2.45) is 0 Å². The number of pyridine rings is 1. The molecule has 0 aliphatic heterocycles. The van der Waals surface area contributed by atoms with Gasteiger partial charge in [-0.2, -0.15) is 5.10 Å². The van der Waals surface area contributed by atoms with Gasteiger partial charge in [-0.3, -0.25) is 0 Å². The first kappa shape index (κ1) is 7.38. The average Bonchev–Trinajstić information content (AvgIpc) is 2.61. The lowest BCUT2D eigenvalue weighted by molar-refractivity contribution is 0.481. The fraction of sp³-hybridized carbons (Fsp3) is 0. The summed E-state index contributed by atoms with van der Waals surface area (Å²) >= 11 is 0. The Morgan fingerprint density at radius 2 is 1.86 bits per heavy atom. The number of hydrogen-bond donors (Lipinski definition) is 1. The molecule has 0 fully saturated rings. The van der Waals surface area contributed by atoms with Crippen molar-refractivity contribution < 1.29 is 5.11 Å². The lowest BCUT2D eigenvalue weighted by atomic mass is 10.2. The van der Waals surface area contributed by atoms with Crippen molar-refractivity contribution in [3.8, 4) is 5.75 Å². The van der Waals surface area contributed by atoms with E-state index in [2.05, 4.69) is 5.10 Å². The van der Waals surface area contributed by atoms with Crippen LogP contribution in [0.5, 0.6) is 5.75 Å². The molecule has 3 aromatic rings. The second-order valence-electron chi connectivity index (χ2n) is 3.22. The smallest absolute Gasteiger partial charge is 0.161 e. The van der Waals surface area contributed by atoms with E-state index >= 15 is 0 Å². The molecule has 0 saturated carbocycles. The van der Waals surface area contributed by atoms with Crippen LogP contribution in [-0.2, 0) is 0 Å². The molecule has 2 heterocycles. The highest BCUT2D eigenvalue weighted by atomic mass is 16.3. The first-order chi connectivity index (χ1) is 6.86. The molecule has 0 spiro atoms. The van der Waals surface area contributed by atoms with Crippen LogP contribution in [0.15, 0.2) is 42.6 Å². The average molecular weight is 184 g/mol. The summed E-state index contributed by atoms with van der Waals surface area (Å²) in [6.45, 7) is 0. The molecule has 3 nitrogen and oxygen atoms in total. The maximum absolute atomic E-state index is 9.49. The predicted molar refractivity (Wildman–Crippen MR) is 54.4 cm³/mol. The van der Waals surface area contributed by atoms with Crippen LogP contribution in [0, 0.1) is 0 Å². The van der Waals surface area contributed by atoms with Gasteiger partial charge in [0.05, 0.1) is 11.7 Å². The van der Waals surface area contributed by atoms with Gasteiger partial charge in [0.25, 0.3) is 0 Å². The molecule has 14 heavy (non-hydrogen) atoms. The van der Waals surface area contributed by atoms with Gasteiger partial charge in [-0.25, -0.2) is 4.52 Å². The third-order valence-corrected chi connectivity index (χ3v) is 2.37. The van der Waals surface area contributed by atoms with Crippen LogP contribution < -0.4 is 0 Å². The van der Waals surface area contributed by atoms with Crippen molar-refractivity contribution in [1.29, 1.82) is 0 Å². The largest absolute Gasteiger partial charge is 0.504 e. The molecule has 0 unspecified atom stereocenters. The number of hydrogen-bond acceptors (Lipinski definition) is 2. The lowest BCUT2D eigenvalue weighted by Crippen LogP contribution is -1.88. The minimum Gasteiger partial charge on any atom is -0.504 e. The van der Waals surface area contributed by atoms with Gasteiger partial charge in [0.2, 0.25) is 0 Å². The van der Waals surface area contributed by atoms with Crippen LogP contribution in [0.1, 0.15) is 0 Å². The Labute approximate surface area is 80.2 Å². The summed E-state index contributed by atoms with van der Waals surface area (Å²) in [6.07, 6.45) is 1.46. The van der Waals surface area contributed by atoms with E-state index < -0.39 is 0 Å². The lowest BCUT2D eigenvalue weighted by Gasteiger charge is -2.00. The number of nitrogens with zero attached hydrogens (tertiary/aromatic N) is 2. The monoisotopic (exact) mass is 184 g/mol. The van der Waals surface area contributed by atoms with Gasteiger partial charge in [0, 0.05) is 5.39 Å². The first-order valence-electron chi connectivity index (χ1n) is 4.41. The fourth-order valence-electron chi connectivity index (χ4n) is 1.69. The Balaban J connectivity index is 2.61. The molecule has 0 saturated heterocycles. The number of fused-ring (bicyclic) bond motifs is 3. The summed E-state index contributed by atoms with van der Waals surface area (Å²) in [6, 6.07) is 11.8. The van der Waals surface area contributed by atoms with Crippen molar-refractivity contribution >= 4 is 16.4 Å². The zero-order chi connectivity index (χ0) is 9.54. The molecular weight excluding hydrogens is 176 g/mol. The van der Waals surface area contributed by atoms with Crippen molar-refractivity contribution in [3.05, 3.63) is 42.6 Å². The topological polar surface area (TPSA) is 37.5 Å². The van der Waals surface area contributed by atoms with Crippen molar-refractivity contribution in [1.82, 2.24) is 9.61 Å². The quantitative estimate of drug-likeness (QED) is 0.581. The highest BCUT2D eigenvalue weighted by molar-refractivity contribution is 5.83. The molecule has 0 atom stereocenters. The van der Waals surface area contributed by atoms with Crippen LogP contribution in [0.25, 0.3) is 16.4 Å². The van der Waals surface area contributed by atoms with E-state index in [9.17, 15) is 5.11 Å². The Bertz CT molecular complexity index is 613. The highest BCUT2D eigenvalue weighted by Crippen LogP contribution is 2.22. The Kier molecular flexibility index (Phi) is 1.31. The third-order valence-electron chi connectivity index (χ3n) is 2.37. The van der Waals surface area contributed by atoms with Crippen LogP contribution in [0.2, 0.25) is 0 Å². The molecule has 0 aliphatic carbocycles. The van der Waals surface area contributed by atoms with Crippen LogP contribution in [0.3, 0.4) is 0 Å². The van der Waals surface area contributed by atoms with Gasteiger partial charge >= 0.3 is 0 Å². The van der Waals surface area contributed by atoms with Gasteiger partial charge in [-0.05, 0) is 12.1 Å². The standard InChI is InChI=1S/C11H8N2O/c14-11-7-12-13-9-4-2-1-3-8(9)5-6-10(11)13/h1-7,14H. The SMILES string of the molecule is Oc1cnn2c1ccc1ccccc12. The third kappa shape index (κ3) is 0.836. The molecule has 68 valence electrons. The molecule has 3 rings (SSSR count). The van der Waals surface area contributed by atoms with Gasteiger partial charge in [0.15, 0.2) is 5.75 Å². The normalized spacial score (nSPS) is 11.1. The van der Waals surface area contributed by atoms with Crippen molar-refractivity contribution in [2.45, 2.75) is 0 Å². The van der Waals surface area contributed by atoms with Gasteiger partial charge in [0.1, 0.15) is 5.52 Å². The second-order valence-corrected chi connectivity index (χ2v) is 3.22. The molecule has 1 N–H and O–H groups in total. The van der Waals surface area contributed by atoms with E-state index in [4.69, 9.17) is 0 Å². The van der Waals surface area contributed by atoms with E-state index in [0.29, 0.717) is 0 Å². The minimum atomic E-state index is 0.218. The number of para-hydroxylation sites is 1. The van der Waals surface area contributed by atoms with E-state index in [1.54, 1.807) is 4.52 Å². The second kappa shape index (κ2) is 2.48. The van der Waals surface area contributed by atoms with Gasteiger partial charge in [-0.15, -0.1) is 0 Å². The Hall–Kier alpha value is -2.03. The molecule has 0 amide bonds. The molecule has 2 aromatic heterocycles. The van der Waals surface area contributed by atoms with E-state index in [1.807, 2.05) is 36.4 Å². The summed E-state index contributed by atoms with van der Waals surface area (Å²) < 4.78 is 1.74. The summed E-state index contributed by atoms with van der Waals surface area (Å²) in [5.41, 5.74) is 1.74. The van der Waals surface area contributed by atoms with Crippen LogP contribution in [-0.4, -0.2) is 14.7 Å². The summed E-state index contributed by atoms with van der Waals surface area (Å²) in [5.74, 6) is 0.218. The van der Waals surface area contributed by atoms with Crippen molar-refractivity contribution in [3.63, 3.8) is 0 Å². The zero-order valence-corrected chi connectivity index (χ0v) is 7.38. The van der Waals surface area contributed by atoms with Gasteiger partial charge < -0.3 is 5.11 Å². The maximum Gasteiger partial charge on any atom is 0.161 e. The predicted octanol–water partition coefficient (Wildman–Crippen LogP) is 2.19. The fourth-order valence-corrected chi connectivity index (χ4v) is 1.69. The molecule has 0 aliphatic rings. The highest BCUT2D eigenvalue weighted by Gasteiger charge is 2.03. The number of aromatic hydroxyl groups is 1. The molecule has 0 radical (unpaired) electrons. The number of rotatable bonds is 0. The zero-order valence-electron chi connectivity index (χ0n) is 7.38. The Morgan fingerprint density at radius 3 is 2.79 bits per heavy atom. The summed E-state index contributed by atoms with van der Waals surface area (Å²) in [4.78, 5) is 0. The van der Waals surface area contributed by atoms with Gasteiger partial charge in [-0.1, -0.05) is 24.3 Å². The summed E-state index contributed by atoms with van der Waals surface area (Å²) in [5, 5.41) is 14.7. The molecule has 0 bridgehead atoms. The van der Waals surface area contributed by atoms with E-state index in [-0.39, 0.29) is 5.75 Å². The van der Waals surface area contributed by atoms with Crippen LogP contribution in [0.4, 0.5) is 0 Å². The van der Waals surface area contributed by atoms with E-state index in [0.717, 1.165) is 16.4 Å². The molecular formula is C11H8N2O. The number of benzene rings is 1. The van der Waals surface area contributed by atoms with Crippen LogP contribution >= 0.6 is 0 Å². The van der Waals surface area contributed by atoms with Crippen molar-refractivity contribution in [2.75, 3.05) is 0 Å². The summed E-state index contributed by atoms with van der Waals surface area (Å²) in [7, 11) is 0. The maximum atomic E-state index is 9.49. The number of aromatic nitrogens is 2. The first-order valence-corrected chi connectivity index (χ1v) is 4.41. The Morgan fingerprint density at radius 1 is 1.00 bits per heavy atom. The minimum absolute atomic E-state index is 0.218.